The standard InChI is InChI=1S/C12H19N5O/c1-5-12(3,4)18-10-8-7-14-17-9(8)15-11(16-10)13-6-2/h7H,5-6H2,1-4H3,(H2,13,14,15,16,17). The molecular formula is C12H19N5O. The molecular weight excluding hydrogens is 230 g/mol. The van der Waals surface area contributed by atoms with Gasteiger partial charge in [-0.15, -0.1) is 0 Å². The average Bonchev–Trinajstić information content (AvgIpc) is 2.77. The number of H-pyrrole nitrogens is 1. The molecule has 0 spiro atoms. The van der Waals surface area contributed by atoms with Gasteiger partial charge in [-0.05, 0) is 27.2 Å². The van der Waals surface area contributed by atoms with E-state index in [9.17, 15) is 0 Å². The summed E-state index contributed by atoms with van der Waals surface area (Å²) < 4.78 is 5.96. The lowest BCUT2D eigenvalue weighted by atomic mass is 10.1. The second-order valence-electron chi connectivity index (χ2n) is 4.73. The zero-order valence-corrected chi connectivity index (χ0v) is 11.2. The van der Waals surface area contributed by atoms with Crippen molar-refractivity contribution in [3.05, 3.63) is 6.20 Å². The summed E-state index contributed by atoms with van der Waals surface area (Å²) in [5.74, 6) is 1.12. The lowest BCUT2D eigenvalue weighted by Crippen LogP contribution is -2.27. The van der Waals surface area contributed by atoms with Crippen LogP contribution < -0.4 is 10.1 Å². The average molecular weight is 249 g/mol. The first kappa shape index (κ1) is 12.6. The summed E-state index contributed by atoms with van der Waals surface area (Å²) in [6.45, 7) is 8.91. The number of hydrogen-bond acceptors (Lipinski definition) is 5. The van der Waals surface area contributed by atoms with Gasteiger partial charge in [-0.25, -0.2) is 0 Å². The van der Waals surface area contributed by atoms with Gasteiger partial charge in [-0.2, -0.15) is 15.1 Å². The molecule has 0 aliphatic carbocycles. The molecule has 0 bridgehead atoms. The van der Waals surface area contributed by atoms with Crippen molar-refractivity contribution in [1.82, 2.24) is 20.2 Å². The molecule has 0 amide bonds. The van der Waals surface area contributed by atoms with E-state index in [1.165, 1.54) is 0 Å². The molecule has 2 aromatic heterocycles. The maximum atomic E-state index is 5.96. The summed E-state index contributed by atoms with van der Waals surface area (Å²) in [7, 11) is 0. The molecule has 2 aromatic rings. The molecule has 0 fully saturated rings. The SMILES string of the molecule is CCNc1nc(OC(C)(C)CC)c2cn[nH]c2n1. The van der Waals surface area contributed by atoms with Crippen molar-refractivity contribution in [1.29, 1.82) is 0 Å². The Morgan fingerprint density at radius 3 is 2.78 bits per heavy atom. The van der Waals surface area contributed by atoms with Crippen molar-refractivity contribution < 1.29 is 4.74 Å². The third-order valence-corrected chi connectivity index (χ3v) is 2.83. The minimum absolute atomic E-state index is 0.262. The maximum absolute atomic E-state index is 5.96. The number of rotatable bonds is 5. The molecule has 0 saturated heterocycles. The number of nitrogens with zero attached hydrogens (tertiary/aromatic N) is 3. The van der Waals surface area contributed by atoms with Crippen LogP contribution in [-0.2, 0) is 0 Å². The highest BCUT2D eigenvalue weighted by molar-refractivity contribution is 5.80. The monoisotopic (exact) mass is 249 g/mol. The van der Waals surface area contributed by atoms with Crippen LogP contribution in [0.5, 0.6) is 5.88 Å². The number of ether oxygens (including phenoxy) is 1. The van der Waals surface area contributed by atoms with Gasteiger partial charge in [0.05, 0.1) is 6.20 Å². The highest BCUT2D eigenvalue weighted by Crippen LogP contribution is 2.26. The van der Waals surface area contributed by atoms with E-state index in [0.29, 0.717) is 17.5 Å². The van der Waals surface area contributed by atoms with Crippen LogP contribution in [0.1, 0.15) is 34.1 Å². The van der Waals surface area contributed by atoms with Gasteiger partial charge in [0.25, 0.3) is 0 Å². The fourth-order valence-corrected chi connectivity index (χ4v) is 1.46. The normalized spacial score (nSPS) is 11.8. The van der Waals surface area contributed by atoms with Crippen LogP contribution in [0.25, 0.3) is 11.0 Å². The van der Waals surface area contributed by atoms with Crippen LogP contribution in [0.4, 0.5) is 5.95 Å². The van der Waals surface area contributed by atoms with Crippen molar-refractivity contribution in [3.63, 3.8) is 0 Å². The fraction of sp³-hybridized carbons (Fsp3) is 0.583. The summed E-state index contributed by atoms with van der Waals surface area (Å²) in [6.07, 6.45) is 2.58. The second kappa shape index (κ2) is 4.80. The molecule has 0 aliphatic rings. The Hall–Kier alpha value is -1.85. The third-order valence-electron chi connectivity index (χ3n) is 2.83. The smallest absolute Gasteiger partial charge is 0.230 e. The van der Waals surface area contributed by atoms with Crippen LogP contribution in [0, 0.1) is 0 Å². The molecule has 6 heteroatoms. The summed E-state index contributed by atoms with van der Waals surface area (Å²) in [6, 6.07) is 0. The first-order chi connectivity index (χ1) is 8.55. The van der Waals surface area contributed by atoms with Crippen LogP contribution in [0.15, 0.2) is 6.20 Å². The van der Waals surface area contributed by atoms with Gasteiger partial charge in [0.15, 0.2) is 5.65 Å². The Morgan fingerprint density at radius 2 is 2.11 bits per heavy atom. The van der Waals surface area contributed by atoms with E-state index in [4.69, 9.17) is 4.74 Å². The maximum Gasteiger partial charge on any atom is 0.230 e. The Labute approximate surface area is 106 Å². The largest absolute Gasteiger partial charge is 0.471 e. The van der Waals surface area contributed by atoms with E-state index in [2.05, 4.69) is 32.4 Å². The molecule has 0 atom stereocenters. The molecule has 0 aliphatic heterocycles. The second-order valence-corrected chi connectivity index (χ2v) is 4.73. The molecule has 0 aromatic carbocycles. The number of hydrogen-bond donors (Lipinski definition) is 2. The third kappa shape index (κ3) is 2.52. The number of nitrogens with one attached hydrogen (secondary N) is 2. The lowest BCUT2D eigenvalue weighted by molar-refractivity contribution is 0.101. The van der Waals surface area contributed by atoms with Gasteiger partial charge in [-0.3, -0.25) is 5.10 Å². The van der Waals surface area contributed by atoms with E-state index in [-0.39, 0.29) is 5.60 Å². The molecule has 0 radical (unpaired) electrons. The van der Waals surface area contributed by atoms with Gasteiger partial charge in [-0.1, -0.05) is 6.92 Å². The molecule has 98 valence electrons. The topological polar surface area (TPSA) is 75.7 Å². The Morgan fingerprint density at radius 1 is 1.33 bits per heavy atom. The number of aromatic nitrogens is 4. The minimum Gasteiger partial charge on any atom is -0.471 e. The van der Waals surface area contributed by atoms with Gasteiger partial charge in [0.1, 0.15) is 11.0 Å². The molecule has 0 saturated carbocycles. The van der Waals surface area contributed by atoms with Gasteiger partial charge >= 0.3 is 0 Å². The van der Waals surface area contributed by atoms with Crippen LogP contribution >= 0.6 is 0 Å². The predicted molar refractivity (Wildman–Crippen MR) is 70.8 cm³/mol. The van der Waals surface area contributed by atoms with Crippen molar-refractivity contribution in [2.75, 3.05) is 11.9 Å². The van der Waals surface area contributed by atoms with Crippen molar-refractivity contribution in [2.24, 2.45) is 0 Å². The zero-order chi connectivity index (χ0) is 13.2. The fourth-order valence-electron chi connectivity index (χ4n) is 1.46. The zero-order valence-electron chi connectivity index (χ0n) is 11.2. The van der Waals surface area contributed by atoms with Crippen molar-refractivity contribution >= 4 is 17.0 Å². The molecule has 6 nitrogen and oxygen atoms in total. The van der Waals surface area contributed by atoms with E-state index in [0.717, 1.165) is 18.4 Å². The van der Waals surface area contributed by atoms with Gasteiger partial charge < -0.3 is 10.1 Å². The highest BCUT2D eigenvalue weighted by Gasteiger charge is 2.20. The molecule has 0 unspecified atom stereocenters. The Bertz CT molecular complexity index is 534. The summed E-state index contributed by atoms with van der Waals surface area (Å²) in [5.41, 5.74) is 0.421. The van der Waals surface area contributed by atoms with Crippen molar-refractivity contribution in [2.45, 2.75) is 39.7 Å². The number of fused-ring (bicyclic) bond motifs is 1. The Kier molecular flexibility index (Phi) is 3.36. The summed E-state index contributed by atoms with van der Waals surface area (Å²) in [5, 5.41) is 10.7. The molecule has 2 heterocycles. The van der Waals surface area contributed by atoms with E-state index >= 15 is 0 Å². The van der Waals surface area contributed by atoms with E-state index in [1.54, 1.807) is 6.20 Å². The highest BCUT2D eigenvalue weighted by atomic mass is 16.5. The van der Waals surface area contributed by atoms with Gasteiger partial charge in [0.2, 0.25) is 11.8 Å². The quantitative estimate of drug-likeness (QED) is 0.850. The predicted octanol–water partition coefficient (Wildman–Crippen LogP) is 2.35. The minimum atomic E-state index is -0.262. The van der Waals surface area contributed by atoms with Crippen molar-refractivity contribution in [3.8, 4) is 5.88 Å². The van der Waals surface area contributed by atoms with E-state index in [1.807, 2.05) is 20.8 Å². The van der Waals surface area contributed by atoms with E-state index < -0.39 is 0 Å². The first-order valence-corrected chi connectivity index (χ1v) is 6.19. The molecule has 2 N–H and O–H groups in total. The summed E-state index contributed by atoms with van der Waals surface area (Å²) >= 11 is 0. The van der Waals surface area contributed by atoms with Crippen LogP contribution in [0.2, 0.25) is 0 Å². The number of aromatic amines is 1. The van der Waals surface area contributed by atoms with Crippen LogP contribution in [-0.4, -0.2) is 32.3 Å². The summed E-state index contributed by atoms with van der Waals surface area (Å²) in [4.78, 5) is 8.71. The van der Waals surface area contributed by atoms with Crippen LogP contribution in [0.3, 0.4) is 0 Å². The van der Waals surface area contributed by atoms with Gasteiger partial charge in [0, 0.05) is 6.54 Å². The first-order valence-electron chi connectivity index (χ1n) is 6.19. The molecule has 2 rings (SSSR count). The number of anilines is 1. The lowest BCUT2D eigenvalue weighted by Gasteiger charge is -2.24. The molecule has 18 heavy (non-hydrogen) atoms. The Balaban J connectivity index is 2.43.